The first-order valence-electron chi connectivity index (χ1n) is 7.16. The lowest BCUT2D eigenvalue weighted by Gasteiger charge is -2.09. The fraction of sp³-hybridized carbons (Fsp3) is 0.714. The van der Waals surface area contributed by atoms with E-state index in [1.54, 1.807) is 11.6 Å². The number of carbonyl (C=O) groups excluding carboxylic acids is 1. The van der Waals surface area contributed by atoms with Crippen molar-refractivity contribution in [2.75, 3.05) is 25.5 Å². The Morgan fingerprint density at radius 1 is 1.45 bits per heavy atom. The molecule has 1 heterocycles. The molecular weight excluding hydrogens is 256 g/mol. The Kier molecular flexibility index (Phi) is 6.51. The number of aromatic nitrogens is 2. The number of aryl methyl sites for hydroxylation is 2. The second kappa shape index (κ2) is 7.89. The van der Waals surface area contributed by atoms with Crippen LogP contribution in [-0.2, 0) is 11.3 Å². The maximum Gasteiger partial charge on any atom is 0.271 e. The van der Waals surface area contributed by atoms with Crippen LogP contribution in [0.5, 0.6) is 0 Å². The predicted octanol–water partition coefficient (Wildman–Crippen LogP) is 1.59. The number of nitrogens with zero attached hydrogens (tertiary/aromatic N) is 2. The zero-order valence-corrected chi connectivity index (χ0v) is 12.9. The van der Waals surface area contributed by atoms with Gasteiger partial charge < -0.3 is 15.8 Å². The molecule has 0 bridgehead atoms. The molecule has 0 unspecified atom stereocenters. The minimum Gasteiger partial charge on any atom is -0.395 e. The van der Waals surface area contributed by atoms with Gasteiger partial charge in [0.1, 0.15) is 5.69 Å². The highest BCUT2D eigenvalue weighted by molar-refractivity contribution is 5.97. The van der Waals surface area contributed by atoms with Crippen LogP contribution in [0.1, 0.15) is 43.4 Å². The lowest BCUT2D eigenvalue weighted by atomic mass is 10.1. The Bertz CT molecular complexity index is 441. The highest BCUT2D eigenvalue weighted by atomic mass is 16.5. The second-order valence-corrected chi connectivity index (χ2v) is 5.21. The van der Waals surface area contributed by atoms with Gasteiger partial charge in [0.25, 0.3) is 5.91 Å². The first-order valence-corrected chi connectivity index (χ1v) is 7.16. The van der Waals surface area contributed by atoms with Crippen LogP contribution in [0.25, 0.3) is 0 Å². The number of carbonyl (C=O) groups is 1. The minimum atomic E-state index is -0.197. The van der Waals surface area contributed by atoms with E-state index in [-0.39, 0.29) is 5.91 Å². The van der Waals surface area contributed by atoms with Crippen molar-refractivity contribution in [2.24, 2.45) is 5.92 Å². The van der Waals surface area contributed by atoms with E-state index >= 15 is 0 Å². The summed E-state index contributed by atoms with van der Waals surface area (Å²) in [7, 11) is 0. The molecule has 1 amide bonds. The summed E-state index contributed by atoms with van der Waals surface area (Å²) in [6.07, 6.45) is 1.03. The minimum absolute atomic E-state index is 0.197. The molecule has 0 fully saturated rings. The molecule has 6 heteroatoms. The third kappa shape index (κ3) is 4.52. The molecule has 20 heavy (non-hydrogen) atoms. The normalized spacial score (nSPS) is 11.1. The van der Waals surface area contributed by atoms with E-state index in [0.717, 1.165) is 13.0 Å². The van der Waals surface area contributed by atoms with Crippen molar-refractivity contribution in [3.63, 3.8) is 0 Å². The molecule has 0 radical (unpaired) electrons. The van der Waals surface area contributed by atoms with Crippen molar-refractivity contribution >= 4 is 11.6 Å². The summed E-state index contributed by atoms with van der Waals surface area (Å²) in [5, 5.41) is 7.04. The highest BCUT2D eigenvalue weighted by Crippen LogP contribution is 2.15. The Hall–Kier alpha value is -1.56. The fourth-order valence-corrected chi connectivity index (χ4v) is 1.81. The number of anilines is 1. The van der Waals surface area contributed by atoms with Gasteiger partial charge in [-0.05, 0) is 26.2 Å². The van der Waals surface area contributed by atoms with Gasteiger partial charge in [-0.2, -0.15) is 5.10 Å². The van der Waals surface area contributed by atoms with E-state index in [4.69, 9.17) is 10.5 Å². The monoisotopic (exact) mass is 282 g/mol. The summed E-state index contributed by atoms with van der Waals surface area (Å²) in [5.41, 5.74) is 7.46. The molecule has 0 saturated carbocycles. The average Bonchev–Trinajstić information content (AvgIpc) is 2.69. The Morgan fingerprint density at radius 2 is 2.15 bits per heavy atom. The molecular formula is C14H26N4O2. The maximum atomic E-state index is 12.1. The molecule has 0 aliphatic rings. The predicted molar refractivity (Wildman–Crippen MR) is 79.7 cm³/mol. The van der Waals surface area contributed by atoms with E-state index < -0.39 is 0 Å². The summed E-state index contributed by atoms with van der Waals surface area (Å²) in [6.45, 7) is 10.4. The summed E-state index contributed by atoms with van der Waals surface area (Å²) in [4.78, 5) is 12.1. The number of nitrogen functional groups attached to an aromatic ring is 1. The van der Waals surface area contributed by atoms with Gasteiger partial charge in [0.2, 0.25) is 0 Å². The number of hydrogen-bond acceptors (Lipinski definition) is 4. The van der Waals surface area contributed by atoms with Crippen LogP contribution in [0, 0.1) is 12.8 Å². The van der Waals surface area contributed by atoms with Gasteiger partial charge in [-0.25, -0.2) is 0 Å². The highest BCUT2D eigenvalue weighted by Gasteiger charge is 2.18. The van der Waals surface area contributed by atoms with E-state index in [0.29, 0.717) is 42.7 Å². The van der Waals surface area contributed by atoms with Crippen LogP contribution in [0.2, 0.25) is 0 Å². The molecule has 0 atom stereocenters. The van der Waals surface area contributed by atoms with Crippen molar-refractivity contribution in [3.05, 3.63) is 11.4 Å². The number of amides is 1. The van der Waals surface area contributed by atoms with Crippen LogP contribution in [-0.4, -0.2) is 35.4 Å². The summed E-state index contributed by atoms with van der Waals surface area (Å²) < 4.78 is 7.08. The van der Waals surface area contributed by atoms with E-state index in [9.17, 15) is 4.79 Å². The molecule has 0 aliphatic carbocycles. The second-order valence-electron chi connectivity index (χ2n) is 5.21. The molecule has 0 aliphatic heterocycles. The lowest BCUT2D eigenvalue weighted by molar-refractivity contribution is 0.0897. The van der Waals surface area contributed by atoms with Crippen molar-refractivity contribution in [1.82, 2.24) is 15.1 Å². The Labute approximate surface area is 120 Å². The fourth-order valence-electron chi connectivity index (χ4n) is 1.81. The smallest absolute Gasteiger partial charge is 0.271 e. The van der Waals surface area contributed by atoms with Gasteiger partial charge in [-0.1, -0.05) is 13.8 Å². The molecule has 114 valence electrons. The van der Waals surface area contributed by atoms with Crippen LogP contribution >= 0.6 is 0 Å². The van der Waals surface area contributed by atoms with Gasteiger partial charge in [-0.3, -0.25) is 9.48 Å². The number of ether oxygens (including phenoxy) is 1. The zero-order valence-electron chi connectivity index (χ0n) is 12.9. The molecule has 0 spiro atoms. The Morgan fingerprint density at radius 3 is 2.75 bits per heavy atom. The number of hydrogen-bond donors (Lipinski definition) is 2. The van der Waals surface area contributed by atoms with Crippen LogP contribution in [0.4, 0.5) is 5.69 Å². The molecule has 1 aromatic rings. The van der Waals surface area contributed by atoms with Crippen molar-refractivity contribution in [2.45, 2.75) is 40.7 Å². The van der Waals surface area contributed by atoms with Crippen LogP contribution in [0.15, 0.2) is 0 Å². The quantitative estimate of drug-likeness (QED) is 0.709. The third-order valence-electron chi connectivity index (χ3n) is 3.06. The first kappa shape index (κ1) is 16.5. The number of nitrogens with two attached hydrogens (primary N) is 1. The summed E-state index contributed by atoms with van der Waals surface area (Å²) in [6, 6.07) is 0. The maximum absolute atomic E-state index is 12.1. The van der Waals surface area contributed by atoms with E-state index in [1.165, 1.54) is 0 Å². The van der Waals surface area contributed by atoms with Gasteiger partial charge in [-0.15, -0.1) is 0 Å². The molecule has 1 aromatic heterocycles. The summed E-state index contributed by atoms with van der Waals surface area (Å²) >= 11 is 0. The van der Waals surface area contributed by atoms with Crippen molar-refractivity contribution in [3.8, 4) is 0 Å². The summed E-state index contributed by atoms with van der Waals surface area (Å²) in [5.74, 6) is 0.434. The zero-order chi connectivity index (χ0) is 15.1. The van der Waals surface area contributed by atoms with Gasteiger partial charge >= 0.3 is 0 Å². The molecule has 6 nitrogen and oxygen atoms in total. The van der Waals surface area contributed by atoms with Gasteiger partial charge in [0.05, 0.1) is 18.0 Å². The standard InChI is InChI=1S/C14H26N4O2/c1-5-18-13(12(15)11(4)17-18)14(19)16-7-9-20-8-6-10(2)3/h10H,5-9,15H2,1-4H3,(H,16,19). The third-order valence-corrected chi connectivity index (χ3v) is 3.06. The SMILES string of the molecule is CCn1nc(C)c(N)c1C(=O)NCCOCCC(C)C. The van der Waals surface area contributed by atoms with Crippen LogP contribution in [0.3, 0.4) is 0 Å². The largest absolute Gasteiger partial charge is 0.395 e. The topological polar surface area (TPSA) is 82.2 Å². The molecule has 3 N–H and O–H groups in total. The number of rotatable bonds is 8. The molecule has 0 aromatic carbocycles. The average molecular weight is 282 g/mol. The van der Waals surface area contributed by atoms with Crippen LogP contribution < -0.4 is 11.1 Å². The van der Waals surface area contributed by atoms with Crippen molar-refractivity contribution < 1.29 is 9.53 Å². The van der Waals surface area contributed by atoms with E-state index in [1.807, 2.05) is 6.92 Å². The Balaban J connectivity index is 2.40. The molecule has 0 saturated heterocycles. The van der Waals surface area contributed by atoms with E-state index in [2.05, 4.69) is 24.3 Å². The van der Waals surface area contributed by atoms with Gasteiger partial charge in [0.15, 0.2) is 0 Å². The van der Waals surface area contributed by atoms with Gasteiger partial charge in [0, 0.05) is 19.7 Å². The number of nitrogens with one attached hydrogen (secondary N) is 1. The lowest BCUT2D eigenvalue weighted by Crippen LogP contribution is -2.30. The van der Waals surface area contributed by atoms with Crippen molar-refractivity contribution in [1.29, 1.82) is 0 Å². The molecule has 1 rings (SSSR count). The first-order chi connectivity index (χ1) is 9.47.